The Kier molecular flexibility index (Phi) is 3.39. The zero-order chi connectivity index (χ0) is 13.5. The van der Waals surface area contributed by atoms with Crippen molar-refractivity contribution in [1.82, 2.24) is 15.1 Å². The lowest BCUT2D eigenvalue weighted by atomic mass is 9.92. The lowest BCUT2D eigenvalue weighted by Crippen LogP contribution is -2.28. The van der Waals surface area contributed by atoms with E-state index < -0.39 is 9.84 Å². The summed E-state index contributed by atoms with van der Waals surface area (Å²) < 4.78 is 25.1. The molecule has 2 atom stereocenters. The molecule has 2 aliphatic heterocycles. The van der Waals surface area contributed by atoms with E-state index in [0.29, 0.717) is 18.1 Å². The van der Waals surface area contributed by atoms with Gasteiger partial charge in [-0.2, -0.15) is 5.10 Å². The van der Waals surface area contributed by atoms with Gasteiger partial charge in [-0.3, -0.25) is 4.68 Å². The molecule has 0 aliphatic carbocycles. The maximum absolute atomic E-state index is 11.6. The fraction of sp³-hybridized carbons (Fsp3) is 0.769. The van der Waals surface area contributed by atoms with Crippen LogP contribution in [0.5, 0.6) is 0 Å². The molecule has 0 radical (unpaired) electrons. The van der Waals surface area contributed by atoms with E-state index in [1.807, 2.05) is 10.9 Å². The van der Waals surface area contributed by atoms with Gasteiger partial charge in [0.05, 0.1) is 23.7 Å². The van der Waals surface area contributed by atoms with Crippen molar-refractivity contribution in [3.05, 3.63) is 17.5 Å². The van der Waals surface area contributed by atoms with Crippen LogP contribution in [-0.4, -0.2) is 42.8 Å². The Bertz CT molecular complexity index is 558. The molecular weight excluding hydrogens is 262 g/mol. The number of sulfone groups is 1. The number of hydrogen-bond acceptors (Lipinski definition) is 4. The molecule has 3 heterocycles. The first-order chi connectivity index (χ1) is 9.07. The van der Waals surface area contributed by atoms with E-state index in [2.05, 4.69) is 17.3 Å². The third kappa shape index (κ3) is 2.56. The van der Waals surface area contributed by atoms with Crippen molar-refractivity contribution < 1.29 is 8.42 Å². The van der Waals surface area contributed by atoms with Crippen molar-refractivity contribution in [2.24, 2.45) is 0 Å². The van der Waals surface area contributed by atoms with Crippen LogP contribution in [0.15, 0.2) is 6.20 Å². The summed E-state index contributed by atoms with van der Waals surface area (Å²) in [4.78, 5) is 0. The SMILES string of the molecule is Cc1c(C2CCCNC2)cnn1C1CCS(=O)(=O)C1. The fourth-order valence-corrected chi connectivity index (χ4v) is 4.98. The number of rotatable bonds is 2. The molecule has 2 fully saturated rings. The van der Waals surface area contributed by atoms with Gasteiger partial charge >= 0.3 is 0 Å². The van der Waals surface area contributed by atoms with Gasteiger partial charge < -0.3 is 5.32 Å². The van der Waals surface area contributed by atoms with Crippen LogP contribution in [0.3, 0.4) is 0 Å². The van der Waals surface area contributed by atoms with E-state index in [1.54, 1.807) is 0 Å². The minimum atomic E-state index is -2.85. The largest absolute Gasteiger partial charge is 0.316 e. The minimum absolute atomic E-state index is 0.0373. The van der Waals surface area contributed by atoms with Crippen LogP contribution >= 0.6 is 0 Å². The monoisotopic (exact) mass is 283 g/mol. The Morgan fingerprint density at radius 3 is 2.89 bits per heavy atom. The topological polar surface area (TPSA) is 64.0 Å². The van der Waals surface area contributed by atoms with Crippen molar-refractivity contribution in [2.75, 3.05) is 24.6 Å². The smallest absolute Gasteiger partial charge is 0.152 e. The summed E-state index contributed by atoms with van der Waals surface area (Å²) >= 11 is 0. The molecule has 1 aromatic rings. The molecule has 2 unspecified atom stereocenters. The zero-order valence-electron chi connectivity index (χ0n) is 11.3. The van der Waals surface area contributed by atoms with Crippen molar-refractivity contribution in [1.29, 1.82) is 0 Å². The summed E-state index contributed by atoms with van der Waals surface area (Å²) in [5, 5.41) is 7.88. The van der Waals surface area contributed by atoms with Crippen molar-refractivity contribution in [2.45, 2.75) is 38.1 Å². The Labute approximate surface area is 114 Å². The highest BCUT2D eigenvalue weighted by molar-refractivity contribution is 7.91. The van der Waals surface area contributed by atoms with Crippen LogP contribution < -0.4 is 5.32 Å². The second-order valence-electron chi connectivity index (χ2n) is 5.73. The van der Waals surface area contributed by atoms with Crippen LogP contribution in [0.4, 0.5) is 0 Å². The molecule has 6 heteroatoms. The first-order valence-electron chi connectivity index (χ1n) is 7.02. The molecule has 2 aliphatic rings. The lowest BCUT2D eigenvalue weighted by molar-refractivity contribution is 0.455. The fourth-order valence-electron chi connectivity index (χ4n) is 3.29. The van der Waals surface area contributed by atoms with Gasteiger partial charge in [-0.1, -0.05) is 0 Å². The van der Waals surface area contributed by atoms with Gasteiger partial charge in [-0.05, 0) is 44.2 Å². The molecule has 19 heavy (non-hydrogen) atoms. The second-order valence-corrected chi connectivity index (χ2v) is 7.96. The van der Waals surface area contributed by atoms with Crippen LogP contribution in [-0.2, 0) is 9.84 Å². The van der Waals surface area contributed by atoms with Crippen molar-refractivity contribution in [3.8, 4) is 0 Å². The summed E-state index contributed by atoms with van der Waals surface area (Å²) in [6.07, 6.45) is 5.04. The van der Waals surface area contributed by atoms with Crippen LogP contribution in [0.2, 0.25) is 0 Å². The molecule has 3 rings (SSSR count). The Morgan fingerprint density at radius 2 is 2.26 bits per heavy atom. The standard InChI is InChI=1S/C13H21N3O2S/c1-10-13(11-3-2-5-14-7-11)8-15-16(10)12-4-6-19(17,18)9-12/h8,11-12,14H,2-7,9H2,1H3. The van der Waals surface area contributed by atoms with Gasteiger partial charge in [0, 0.05) is 12.2 Å². The first-order valence-corrected chi connectivity index (χ1v) is 8.84. The number of piperidine rings is 1. The van der Waals surface area contributed by atoms with E-state index in [-0.39, 0.29) is 11.8 Å². The second kappa shape index (κ2) is 4.90. The summed E-state index contributed by atoms with van der Waals surface area (Å²) in [7, 11) is -2.85. The van der Waals surface area contributed by atoms with Gasteiger partial charge in [0.2, 0.25) is 0 Å². The minimum Gasteiger partial charge on any atom is -0.316 e. The van der Waals surface area contributed by atoms with E-state index in [9.17, 15) is 8.42 Å². The molecule has 0 bridgehead atoms. The molecule has 1 aromatic heterocycles. The summed E-state index contributed by atoms with van der Waals surface area (Å²) in [5.74, 6) is 1.08. The number of aromatic nitrogens is 2. The average molecular weight is 283 g/mol. The molecule has 0 spiro atoms. The van der Waals surface area contributed by atoms with E-state index in [0.717, 1.165) is 18.8 Å². The quantitative estimate of drug-likeness (QED) is 0.880. The summed E-state index contributed by atoms with van der Waals surface area (Å²) in [6.45, 7) is 4.18. The predicted octanol–water partition coefficient (Wildman–Crippen LogP) is 1.02. The van der Waals surface area contributed by atoms with Gasteiger partial charge in [-0.15, -0.1) is 0 Å². The molecule has 0 aromatic carbocycles. The highest BCUT2D eigenvalue weighted by Gasteiger charge is 2.31. The van der Waals surface area contributed by atoms with Crippen molar-refractivity contribution >= 4 is 9.84 Å². The highest BCUT2D eigenvalue weighted by atomic mass is 32.2. The third-order valence-electron chi connectivity index (χ3n) is 4.37. The number of nitrogens with one attached hydrogen (secondary N) is 1. The van der Waals surface area contributed by atoms with Crippen LogP contribution in [0, 0.1) is 6.92 Å². The Balaban J connectivity index is 1.82. The molecule has 106 valence electrons. The van der Waals surface area contributed by atoms with Crippen molar-refractivity contribution in [3.63, 3.8) is 0 Å². The zero-order valence-corrected chi connectivity index (χ0v) is 12.1. The first kappa shape index (κ1) is 13.1. The van der Waals surface area contributed by atoms with Gasteiger partial charge in [0.25, 0.3) is 0 Å². The van der Waals surface area contributed by atoms with Crippen LogP contribution in [0.1, 0.15) is 42.5 Å². The number of hydrogen-bond donors (Lipinski definition) is 1. The summed E-state index contributed by atoms with van der Waals surface area (Å²) in [5.41, 5.74) is 2.44. The lowest BCUT2D eigenvalue weighted by Gasteiger charge is -2.23. The predicted molar refractivity (Wildman–Crippen MR) is 74.1 cm³/mol. The third-order valence-corrected chi connectivity index (χ3v) is 6.12. The maximum Gasteiger partial charge on any atom is 0.152 e. The van der Waals surface area contributed by atoms with Gasteiger partial charge in [-0.25, -0.2) is 8.42 Å². The van der Waals surface area contributed by atoms with Crippen LogP contribution in [0.25, 0.3) is 0 Å². The van der Waals surface area contributed by atoms with Gasteiger partial charge in [0.1, 0.15) is 0 Å². The molecular formula is C13H21N3O2S. The molecule has 0 amide bonds. The average Bonchev–Trinajstić information content (AvgIpc) is 2.93. The van der Waals surface area contributed by atoms with Gasteiger partial charge in [0.15, 0.2) is 9.84 Å². The normalized spacial score (nSPS) is 30.6. The Morgan fingerprint density at radius 1 is 1.42 bits per heavy atom. The molecule has 5 nitrogen and oxygen atoms in total. The van der Waals surface area contributed by atoms with E-state index in [4.69, 9.17) is 0 Å². The molecule has 1 N–H and O–H groups in total. The number of nitrogens with zero attached hydrogens (tertiary/aromatic N) is 2. The maximum atomic E-state index is 11.6. The van der Waals surface area contributed by atoms with E-state index in [1.165, 1.54) is 18.4 Å². The Hall–Kier alpha value is -0.880. The van der Waals surface area contributed by atoms with E-state index >= 15 is 0 Å². The highest BCUT2D eigenvalue weighted by Crippen LogP contribution is 2.30. The molecule has 0 saturated carbocycles. The molecule has 2 saturated heterocycles. The summed E-state index contributed by atoms with van der Waals surface area (Å²) in [6, 6.07) is 0.0373.